The Bertz CT molecular complexity index is 192. The number of rotatable bonds is 6. The fourth-order valence-electron chi connectivity index (χ4n) is 0.872. The number of carbonyl (C=O) groups excluding carboxylic acids is 2. The lowest BCUT2D eigenvalue weighted by molar-refractivity contribution is -0.117. The Balaban J connectivity index is 3.57. The van der Waals surface area contributed by atoms with Crippen molar-refractivity contribution in [3.05, 3.63) is 0 Å². The molecule has 0 radical (unpaired) electrons. The molecule has 0 saturated heterocycles. The van der Waals surface area contributed by atoms with Crippen LogP contribution in [0.2, 0.25) is 0 Å². The highest BCUT2D eigenvalue weighted by molar-refractivity contribution is 5.82. The first-order valence-electron chi connectivity index (χ1n) is 4.67. The molecule has 0 aliphatic heterocycles. The van der Waals surface area contributed by atoms with Gasteiger partial charge in [-0.3, -0.25) is 10.2 Å². The summed E-state index contributed by atoms with van der Waals surface area (Å²) in [6, 6.07) is -0.204. The molecule has 0 saturated carbocycles. The van der Waals surface area contributed by atoms with Crippen LogP contribution < -0.4 is 21.9 Å². The molecule has 14 heavy (non-hydrogen) atoms. The zero-order valence-electron chi connectivity index (χ0n) is 8.59. The van der Waals surface area contributed by atoms with Crippen molar-refractivity contribution in [2.45, 2.75) is 32.7 Å². The van der Waals surface area contributed by atoms with Crippen molar-refractivity contribution in [2.24, 2.45) is 5.73 Å². The number of hydrogen-bond acceptors (Lipinski definition) is 3. The Morgan fingerprint density at radius 3 is 2.29 bits per heavy atom. The molecule has 0 spiro atoms. The van der Waals surface area contributed by atoms with Gasteiger partial charge in [-0.2, -0.15) is 0 Å². The van der Waals surface area contributed by atoms with E-state index in [1.54, 1.807) is 0 Å². The van der Waals surface area contributed by atoms with Gasteiger partial charge in [0, 0.05) is 6.04 Å². The lowest BCUT2D eigenvalue weighted by Crippen LogP contribution is -2.49. The van der Waals surface area contributed by atoms with Crippen LogP contribution >= 0.6 is 0 Å². The van der Waals surface area contributed by atoms with Gasteiger partial charge in [0.2, 0.25) is 5.91 Å². The number of nitrogens with one attached hydrogen (secondary N) is 3. The summed E-state index contributed by atoms with van der Waals surface area (Å²) in [5.74, 6) is -0.567. The van der Waals surface area contributed by atoms with Crippen molar-refractivity contribution >= 4 is 11.9 Å². The smallest absolute Gasteiger partial charge is 0.329 e. The molecule has 0 atom stereocenters. The van der Waals surface area contributed by atoms with Gasteiger partial charge >= 0.3 is 6.03 Å². The number of carbonyl (C=O) groups is 2. The average molecular weight is 202 g/mol. The number of hydrogen-bond donors (Lipinski definition) is 4. The molecule has 0 aromatic carbocycles. The van der Waals surface area contributed by atoms with E-state index in [2.05, 4.69) is 16.2 Å². The molecule has 0 aliphatic carbocycles. The highest BCUT2D eigenvalue weighted by Gasteiger charge is 2.05. The maximum Gasteiger partial charge on any atom is 0.329 e. The third kappa shape index (κ3) is 6.24. The second-order valence-corrected chi connectivity index (χ2v) is 2.93. The van der Waals surface area contributed by atoms with E-state index in [-0.39, 0.29) is 12.6 Å². The van der Waals surface area contributed by atoms with E-state index in [0.717, 1.165) is 12.8 Å². The fraction of sp³-hybridized carbons (Fsp3) is 0.750. The van der Waals surface area contributed by atoms with E-state index in [4.69, 9.17) is 5.73 Å². The zero-order chi connectivity index (χ0) is 11.0. The Labute approximate surface area is 83.6 Å². The summed E-state index contributed by atoms with van der Waals surface area (Å²) < 4.78 is 0. The highest BCUT2D eigenvalue weighted by atomic mass is 16.2. The topological polar surface area (TPSA) is 96.2 Å². The van der Waals surface area contributed by atoms with Crippen molar-refractivity contribution < 1.29 is 9.59 Å². The molecule has 82 valence electrons. The first-order chi connectivity index (χ1) is 6.60. The van der Waals surface area contributed by atoms with Crippen LogP contribution in [0.1, 0.15) is 26.7 Å². The van der Waals surface area contributed by atoms with Gasteiger partial charge in [-0.1, -0.05) is 13.8 Å². The molecule has 0 heterocycles. The third-order valence-corrected chi connectivity index (χ3v) is 1.80. The number of nitrogens with two attached hydrogens (primary N) is 1. The summed E-state index contributed by atoms with van der Waals surface area (Å²) in [6.45, 7) is 3.88. The van der Waals surface area contributed by atoms with E-state index < -0.39 is 11.9 Å². The molecule has 6 nitrogen and oxygen atoms in total. The van der Waals surface area contributed by atoms with Crippen LogP contribution in [-0.2, 0) is 4.79 Å². The van der Waals surface area contributed by atoms with Crippen molar-refractivity contribution in [1.82, 2.24) is 16.2 Å². The van der Waals surface area contributed by atoms with Crippen LogP contribution in [-0.4, -0.2) is 24.5 Å². The van der Waals surface area contributed by atoms with E-state index in [1.165, 1.54) is 0 Å². The molecule has 0 bridgehead atoms. The van der Waals surface area contributed by atoms with Crippen LogP contribution in [0.5, 0.6) is 0 Å². The largest absolute Gasteiger partial charge is 0.368 e. The first kappa shape index (κ1) is 12.7. The molecule has 0 aromatic heterocycles. The van der Waals surface area contributed by atoms with E-state index >= 15 is 0 Å². The summed E-state index contributed by atoms with van der Waals surface area (Å²) in [4.78, 5) is 21.3. The fourth-order valence-corrected chi connectivity index (χ4v) is 0.872. The number of amides is 3. The minimum absolute atomic E-state index is 0.156. The molecule has 5 N–H and O–H groups in total. The molecule has 6 heteroatoms. The van der Waals surface area contributed by atoms with Gasteiger partial charge in [0.25, 0.3) is 0 Å². The second kappa shape index (κ2) is 7.14. The molecular formula is C8H18N4O2. The SMILES string of the molecule is CCC(CC)NNC(=O)NCC(N)=O. The summed E-state index contributed by atoms with van der Waals surface area (Å²) in [7, 11) is 0. The molecule has 0 aliphatic rings. The van der Waals surface area contributed by atoms with Gasteiger partial charge in [0.05, 0.1) is 6.54 Å². The van der Waals surface area contributed by atoms with Gasteiger partial charge in [0.15, 0.2) is 0 Å². The summed E-state index contributed by atoms with van der Waals surface area (Å²) in [5.41, 5.74) is 10.1. The van der Waals surface area contributed by atoms with Crippen molar-refractivity contribution in [1.29, 1.82) is 0 Å². The predicted molar refractivity (Wildman–Crippen MR) is 53.2 cm³/mol. The molecule has 0 fully saturated rings. The normalized spacial score (nSPS) is 9.93. The van der Waals surface area contributed by atoms with E-state index in [0.29, 0.717) is 0 Å². The zero-order valence-corrected chi connectivity index (χ0v) is 8.59. The number of urea groups is 1. The Morgan fingerprint density at radius 1 is 1.29 bits per heavy atom. The van der Waals surface area contributed by atoms with Gasteiger partial charge < -0.3 is 11.1 Å². The summed E-state index contributed by atoms with van der Waals surface area (Å²) in [5, 5.41) is 2.30. The Kier molecular flexibility index (Phi) is 6.47. The van der Waals surface area contributed by atoms with Crippen LogP contribution in [0.15, 0.2) is 0 Å². The monoisotopic (exact) mass is 202 g/mol. The first-order valence-corrected chi connectivity index (χ1v) is 4.67. The number of hydrazine groups is 1. The van der Waals surface area contributed by atoms with Crippen molar-refractivity contribution in [2.75, 3.05) is 6.54 Å². The molecular weight excluding hydrogens is 184 g/mol. The summed E-state index contributed by atoms with van der Waals surface area (Å²) in [6.07, 6.45) is 1.85. The molecule has 3 amide bonds. The lowest BCUT2D eigenvalue weighted by atomic mass is 10.2. The van der Waals surface area contributed by atoms with E-state index in [9.17, 15) is 9.59 Å². The average Bonchev–Trinajstić information content (AvgIpc) is 2.16. The quantitative estimate of drug-likeness (QED) is 0.436. The van der Waals surface area contributed by atoms with Gasteiger partial charge in [-0.15, -0.1) is 0 Å². The maximum atomic E-state index is 11.0. The van der Waals surface area contributed by atoms with Crippen LogP contribution in [0.3, 0.4) is 0 Å². The van der Waals surface area contributed by atoms with Crippen LogP contribution in [0, 0.1) is 0 Å². The highest BCUT2D eigenvalue weighted by Crippen LogP contribution is 1.92. The minimum atomic E-state index is -0.567. The van der Waals surface area contributed by atoms with Crippen molar-refractivity contribution in [3.63, 3.8) is 0 Å². The van der Waals surface area contributed by atoms with Gasteiger partial charge in [-0.05, 0) is 12.8 Å². The van der Waals surface area contributed by atoms with Crippen LogP contribution in [0.25, 0.3) is 0 Å². The number of primary amides is 1. The second-order valence-electron chi connectivity index (χ2n) is 2.93. The third-order valence-electron chi connectivity index (χ3n) is 1.80. The molecule has 0 rings (SSSR count). The van der Waals surface area contributed by atoms with Crippen molar-refractivity contribution in [3.8, 4) is 0 Å². The summed E-state index contributed by atoms with van der Waals surface area (Å²) >= 11 is 0. The van der Waals surface area contributed by atoms with Gasteiger partial charge in [0.1, 0.15) is 0 Å². The molecule has 0 aromatic rings. The lowest BCUT2D eigenvalue weighted by Gasteiger charge is -2.15. The van der Waals surface area contributed by atoms with Gasteiger partial charge in [-0.25, -0.2) is 10.2 Å². The minimum Gasteiger partial charge on any atom is -0.368 e. The van der Waals surface area contributed by atoms with E-state index in [1.807, 2.05) is 13.8 Å². The maximum absolute atomic E-state index is 11.0. The Morgan fingerprint density at radius 2 is 1.86 bits per heavy atom. The Hall–Kier alpha value is -1.30. The standard InChI is InChI=1S/C8H18N4O2/c1-3-6(4-2)11-12-8(14)10-5-7(9)13/h6,11H,3-5H2,1-2H3,(H2,9,13)(H2,10,12,14). The predicted octanol–water partition coefficient (Wildman–Crippen LogP) is -0.536. The molecule has 0 unspecified atom stereocenters. The van der Waals surface area contributed by atoms with Crippen LogP contribution in [0.4, 0.5) is 4.79 Å².